The van der Waals surface area contributed by atoms with E-state index in [0.29, 0.717) is 23.6 Å². The molecule has 2 rings (SSSR count). The van der Waals surface area contributed by atoms with E-state index >= 15 is 0 Å². The molecular formula is C17H25NO3. The third-order valence-electron chi connectivity index (χ3n) is 4.60. The molecule has 0 aromatic heterocycles. The second-order valence-electron chi connectivity index (χ2n) is 6.33. The number of carboxylic acids is 1. The molecule has 1 aliphatic rings. The first-order chi connectivity index (χ1) is 9.92. The van der Waals surface area contributed by atoms with Gasteiger partial charge in [-0.25, -0.2) is 4.79 Å². The molecule has 1 heterocycles. The molecule has 116 valence electrons. The molecule has 0 saturated carbocycles. The van der Waals surface area contributed by atoms with Gasteiger partial charge in [0, 0.05) is 19.1 Å². The standard InChI is InChI=1S/C17H25NO3/c1-11-7-12(2)13(3)18(9-11)10-14-5-6-15(17(19)20)16(8-14)21-4/h5-6,8,11-13H,7,9-10H2,1-4H3,(H,19,20). The average Bonchev–Trinajstić information content (AvgIpc) is 2.43. The normalized spacial score (nSPS) is 26.6. The zero-order chi connectivity index (χ0) is 15.6. The highest BCUT2D eigenvalue weighted by Gasteiger charge is 2.28. The first kappa shape index (κ1) is 15.8. The van der Waals surface area contributed by atoms with Crippen molar-refractivity contribution in [3.8, 4) is 5.75 Å². The van der Waals surface area contributed by atoms with E-state index in [9.17, 15) is 4.79 Å². The number of hydrogen-bond acceptors (Lipinski definition) is 3. The number of aromatic carboxylic acids is 1. The molecule has 0 aliphatic carbocycles. The number of carboxylic acid groups (broad SMARTS) is 1. The van der Waals surface area contributed by atoms with Gasteiger partial charge in [0.2, 0.25) is 0 Å². The molecule has 1 fully saturated rings. The van der Waals surface area contributed by atoms with E-state index in [4.69, 9.17) is 9.84 Å². The summed E-state index contributed by atoms with van der Waals surface area (Å²) in [6, 6.07) is 5.92. The van der Waals surface area contributed by atoms with Gasteiger partial charge in [-0.05, 0) is 42.9 Å². The molecule has 0 spiro atoms. The van der Waals surface area contributed by atoms with Gasteiger partial charge in [-0.2, -0.15) is 0 Å². The molecule has 1 N–H and O–H groups in total. The Bertz CT molecular complexity index is 515. The van der Waals surface area contributed by atoms with Crippen LogP contribution in [0, 0.1) is 11.8 Å². The number of rotatable bonds is 4. The van der Waals surface area contributed by atoms with E-state index in [1.165, 1.54) is 13.5 Å². The van der Waals surface area contributed by atoms with Crippen molar-refractivity contribution in [2.24, 2.45) is 11.8 Å². The Morgan fingerprint density at radius 1 is 1.38 bits per heavy atom. The fourth-order valence-electron chi connectivity index (χ4n) is 3.29. The van der Waals surface area contributed by atoms with Gasteiger partial charge in [-0.1, -0.05) is 19.9 Å². The smallest absolute Gasteiger partial charge is 0.339 e. The lowest BCUT2D eigenvalue weighted by molar-refractivity contribution is 0.0692. The molecule has 1 saturated heterocycles. The zero-order valence-corrected chi connectivity index (χ0v) is 13.3. The Hall–Kier alpha value is -1.55. The lowest BCUT2D eigenvalue weighted by Gasteiger charge is -2.41. The van der Waals surface area contributed by atoms with Crippen LogP contribution in [0.2, 0.25) is 0 Å². The third kappa shape index (κ3) is 3.56. The van der Waals surface area contributed by atoms with Gasteiger partial charge >= 0.3 is 5.97 Å². The SMILES string of the molecule is COc1cc(CN2CC(C)CC(C)C2C)ccc1C(=O)O. The maximum absolute atomic E-state index is 11.1. The second-order valence-corrected chi connectivity index (χ2v) is 6.33. The Labute approximate surface area is 126 Å². The van der Waals surface area contributed by atoms with Crippen LogP contribution in [0.25, 0.3) is 0 Å². The van der Waals surface area contributed by atoms with Gasteiger partial charge in [0.25, 0.3) is 0 Å². The zero-order valence-electron chi connectivity index (χ0n) is 13.3. The number of piperidine rings is 1. The van der Waals surface area contributed by atoms with Crippen LogP contribution in [0.5, 0.6) is 5.75 Å². The predicted octanol–water partition coefficient (Wildman–Crippen LogP) is 3.26. The summed E-state index contributed by atoms with van der Waals surface area (Å²) in [6.45, 7) is 8.81. The monoisotopic (exact) mass is 291 g/mol. The van der Waals surface area contributed by atoms with E-state index in [1.54, 1.807) is 6.07 Å². The van der Waals surface area contributed by atoms with Crippen LogP contribution in [0.4, 0.5) is 0 Å². The summed E-state index contributed by atoms with van der Waals surface area (Å²) in [6.07, 6.45) is 1.28. The Morgan fingerprint density at radius 2 is 2.10 bits per heavy atom. The largest absolute Gasteiger partial charge is 0.496 e. The highest BCUT2D eigenvalue weighted by molar-refractivity contribution is 5.90. The van der Waals surface area contributed by atoms with Gasteiger partial charge < -0.3 is 9.84 Å². The van der Waals surface area contributed by atoms with Gasteiger partial charge in [0.1, 0.15) is 11.3 Å². The molecule has 1 aliphatic heterocycles. The molecule has 0 radical (unpaired) electrons. The highest BCUT2D eigenvalue weighted by atomic mass is 16.5. The van der Waals surface area contributed by atoms with Crippen molar-refractivity contribution in [1.29, 1.82) is 0 Å². The number of ether oxygens (including phenoxy) is 1. The van der Waals surface area contributed by atoms with Gasteiger partial charge in [0.05, 0.1) is 7.11 Å². The van der Waals surface area contributed by atoms with E-state index < -0.39 is 5.97 Å². The van der Waals surface area contributed by atoms with E-state index in [0.717, 1.165) is 18.7 Å². The molecule has 0 amide bonds. The quantitative estimate of drug-likeness (QED) is 0.925. The molecule has 1 aromatic carbocycles. The second kappa shape index (κ2) is 6.48. The van der Waals surface area contributed by atoms with Gasteiger partial charge in [0.15, 0.2) is 0 Å². The molecule has 3 unspecified atom stereocenters. The van der Waals surface area contributed by atoms with Crippen molar-refractivity contribution in [1.82, 2.24) is 4.90 Å². The maximum atomic E-state index is 11.1. The molecule has 4 nitrogen and oxygen atoms in total. The van der Waals surface area contributed by atoms with Crippen LogP contribution in [0.15, 0.2) is 18.2 Å². The minimum Gasteiger partial charge on any atom is -0.496 e. The summed E-state index contributed by atoms with van der Waals surface area (Å²) in [5, 5.41) is 9.13. The lowest BCUT2D eigenvalue weighted by Crippen LogP contribution is -2.45. The number of carbonyl (C=O) groups is 1. The Balaban J connectivity index is 2.17. The number of nitrogens with zero attached hydrogens (tertiary/aromatic N) is 1. The van der Waals surface area contributed by atoms with E-state index in [-0.39, 0.29) is 5.56 Å². The summed E-state index contributed by atoms with van der Waals surface area (Å²) in [4.78, 5) is 13.6. The van der Waals surface area contributed by atoms with Crippen LogP contribution in [0.3, 0.4) is 0 Å². The van der Waals surface area contributed by atoms with Crippen LogP contribution in [-0.2, 0) is 6.54 Å². The van der Waals surface area contributed by atoms with Gasteiger partial charge in [-0.3, -0.25) is 4.90 Å². The summed E-state index contributed by atoms with van der Waals surface area (Å²) >= 11 is 0. The topological polar surface area (TPSA) is 49.8 Å². The van der Waals surface area contributed by atoms with Crippen LogP contribution in [-0.4, -0.2) is 35.7 Å². The first-order valence-corrected chi connectivity index (χ1v) is 7.56. The number of likely N-dealkylation sites (tertiary alicyclic amines) is 1. The predicted molar refractivity (Wildman–Crippen MR) is 82.8 cm³/mol. The number of benzene rings is 1. The highest BCUT2D eigenvalue weighted by Crippen LogP contribution is 2.29. The summed E-state index contributed by atoms with van der Waals surface area (Å²) in [5.74, 6) is 0.878. The van der Waals surface area contributed by atoms with Crippen molar-refractivity contribution in [2.45, 2.75) is 39.8 Å². The fourth-order valence-corrected chi connectivity index (χ4v) is 3.29. The van der Waals surface area contributed by atoms with Gasteiger partial charge in [-0.15, -0.1) is 0 Å². The van der Waals surface area contributed by atoms with Crippen LogP contribution >= 0.6 is 0 Å². The lowest BCUT2D eigenvalue weighted by atomic mass is 9.86. The minimum atomic E-state index is -0.952. The number of methoxy groups -OCH3 is 1. The molecule has 1 aromatic rings. The van der Waals surface area contributed by atoms with Crippen molar-refractivity contribution in [3.63, 3.8) is 0 Å². The van der Waals surface area contributed by atoms with E-state index in [2.05, 4.69) is 25.7 Å². The molecule has 4 heteroatoms. The summed E-state index contributed by atoms with van der Waals surface area (Å²) < 4.78 is 5.21. The third-order valence-corrected chi connectivity index (χ3v) is 4.60. The molecule has 0 bridgehead atoms. The van der Waals surface area contributed by atoms with Crippen molar-refractivity contribution < 1.29 is 14.6 Å². The van der Waals surface area contributed by atoms with E-state index in [1.807, 2.05) is 12.1 Å². The number of hydrogen-bond donors (Lipinski definition) is 1. The molecule has 21 heavy (non-hydrogen) atoms. The van der Waals surface area contributed by atoms with Crippen molar-refractivity contribution in [2.75, 3.05) is 13.7 Å². The van der Waals surface area contributed by atoms with Crippen LogP contribution < -0.4 is 4.74 Å². The minimum absolute atomic E-state index is 0.217. The Morgan fingerprint density at radius 3 is 2.71 bits per heavy atom. The maximum Gasteiger partial charge on any atom is 0.339 e. The summed E-state index contributed by atoms with van der Waals surface area (Å²) in [7, 11) is 1.51. The first-order valence-electron chi connectivity index (χ1n) is 7.56. The Kier molecular flexibility index (Phi) is 4.88. The fraction of sp³-hybridized carbons (Fsp3) is 0.588. The summed E-state index contributed by atoms with van der Waals surface area (Å²) in [5.41, 5.74) is 1.32. The van der Waals surface area contributed by atoms with Crippen molar-refractivity contribution in [3.05, 3.63) is 29.3 Å². The molecular weight excluding hydrogens is 266 g/mol. The average molecular weight is 291 g/mol. The van der Waals surface area contributed by atoms with Crippen molar-refractivity contribution >= 4 is 5.97 Å². The van der Waals surface area contributed by atoms with Crippen LogP contribution in [0.1, 0.15) is 43.1 Å². The molecule has 3 atom stereocenters.